The lowest BCUT2D eigenvalue weighted by Crippen LogP contribution is -2.03. The molecule has 0 amide bonds. The summed E-state index contributed by atoms with van der Waals surface area (Å²) in [7, 11) is 1.59. The highest BCUT2D eigenvalue weighted by molar-refractivity contribution is 9.10. The number of hydrogen-bond donors (Lipinski definition) is 1. The largest absolute Gasteiger partial charge is 0.479 e. The first-order valence-corrected chi connectivity index (χ1v) is 6.29. The summed E-state index contributed by atoms with van der Waals surface area (Å²) >= 11 is 3.45. The van der Waals surface area contributed by atoms with Gasteiger partial charge in [0, 0.05) is 16.7 Å². The molecule has 0 aliphatic rings. The zero-order valence-corrected chi connectivity index (χ0v) is 11.6. The molecule has 0 fully saturated rings. The van der Waals surface area contributed by atoms with Crippen molar-refractivity contribution in [2.75, 3.05) is 12.8 Å². The van der Waals surface area contributed by atoms with E-state index in [0.717, 1.165) is 15.4 Å². The van der Waals surface area contributed by atoms with E-state index in [0.29, 0.717) is 11.7 Å². The summed E-state index contributed by atoms with van der Waals surface area (Å²) in [6.45, 7) is 0. The van der Waals surface area contributed by atoms with Gasteiger partial charge < -0.3 is 10.5 Å². The van der Waals surface area contributed by atoms with Gasteiger partial charge in [-0.3, -0.25) is 0 Å². The molecule has 0 radical (unpaired) electrons. The minimum Gasteiger partial charge on any atom is -0.479 e. The first-order valence-electron chi connectivity index (χ1n) is 5.50. The van der Waals surface area contributed by atoms with Gasteiger partial charge in [0.2, 0.25) is 11.8 Å². The molecule has 3 aromatic rings. The normalized spacial score (nSPS) is 10.8. The van der Waals surface area contributed by atoms with E-state index in [4.69, 9.17) is 10.5 Å². The number of nitrogens with zero attached hydrogens (tertiary/aromatic N) is 4. The van der Waals surface area contributed by atoms with Gasteiger partial charge in [0.15, 0.2) is 5.82 Å². The van der Waals surface area contributed by atoms with Gasteiger partial charge in [-0.05, 0) is 18.2 Å². The van der Waals surface area contributed by atoms with Gasteiger partial charge in [0.25, 0.3) is 0 Å². The maximum atomic E-state index is 5.61. The van der Waals surface area contributed by atoms with Crippen LogP contribution in [0.4, 0.5) is 5.95 Å². The van der Waals surface area contributed by atoms with Gasteiger partial charge in [0.1, 0.15) is 0 Å². The van der Waals surface area contributed by atoms with Gasteiger partial charge in [0.05, 0.1) is 18.0 Å². The SMILES string of the molecule is COc1nn(-c2ccnc(N)n2)c2cc(Br)ccc12. The number of aromatic nitrogens is 4. The molecule has 0 aliphatic heterocycles. The summed E-state index contributed by atoms with van der Waals surface area (Å²) in [5.74, 6) is 1.34. The average Bonchev–Trinajstić information content (AvgIpc) is 2.76. The molecule has 0 saturated carbocycles. The highest BCUT2D eigenvalue weighted by Crippen LogP contribution is 2.29. The van der Waals surface area contributed by atoms with Gasteiger partial charge >= 0.3 is 0 Å². The Kier molecular flexibility index (Phi) is 2.83. The van der Waals surface area contributed by atoms with E-state index in [1.165, 1.54) is 0 Å². The molecule has 2 heterocycles. The molecule has 2 aromatic heterocycles. The Labute approximate surface area is 117 Å². The van der Waals surface area contributed by atoms with E-state index in [2.05, 4.69) is 31.0 Å². The lowest BCUT2D eigenvalue weighted by Gasteiger charge is -2.02. The van der Waals surface area contributed by atoms with Crippen molar-refractivity contribution < 1.29 is 4.74 Å². The fourth-order valence-electron chi connectivity index (χ4n) is 1.87. The number of halogens is 1. The smallest absolute Gasteiger partial charge is 0.241 e. The number of ether oxygens (including phenoxy) is 1. The predicted octanol–water partition coefficient (Wildman–Crippen LogP) is 2.17. The molecule has 6 nitrogen and oxygen atoms in total. The summed E-state index contributed by atoms with van der Waals surface area (Å²) in [6.07, 6.45) is 1.59. The number of fused-ring (bicyclic) bond motifs is 1. The molecule has 7 heteroatoms. The summed E-state index contributed by atoms with van der Waals surface area (Å²) in [4.78, 5) is 8.04. The summed E-state index contributed by atoms with van der Waals surface area (Å²) in [5, 5.41) is 5.29. The molecule has 0 saturated heterocycles. The molecule has 0 spiro atoms. The molecule has 3 rings (SSSR count). The molecule has 96 valence electrons. The van der Waals surface area contributed by atoms with Crippen LogP contribution in [-0.4, -0.2) is 26.9 Å². The lowest BCUT2D eigenvalue weighted by atomic mass is 10.2. The van der Waals surface area contributed by atoms with Gasteiger partial charge in [-0.1, -0.05) is 15.9 Å². The summed E-state index contributed by atoms with van der Waals surface area (Å²) < 4.78 is 7.91. The van der Waals surface area contributed by atoms with Crippen LogP contribution in [0.15, 0.2) is 34.9 Å². The van der Waals surface area contributed by atoms with Crippen LogP contribution in [0.3, 0.4) is 0 Å². The van der Waals surface area contributed by atoms with Crippen LogP contribution in [0.5, 0.6) is 5.88 Å². The first-order chi connectivity index (χ1) is 9.19. The van der Waals surface area contributed by atoms with Crippen LogP contribution in [0, 0.1) is 0 Å². The second-order valence-electron chi connectivity index (χ2n) is 3.86. The number of rotatable bonds is 2. The fraction of sp³-hybridized carbons (Fsp3) is 0.0833. The third kappa shape index (κ3) is 2.01. The van der Waals surface area contributed by atoms with Crippen molar-refractivity contribution in [2.24, 2.45) is 0 Å². The number of nitrogens with two attached hydrogens (primary N) is 1. The summed E-state index contributed by atoms with van der Waals surface area (Å²) in [5.41, 5.74) is 6.48. The Morgan fingerprint density at radius 2 is 2.16 bits per heavy atom. The molecule has 0 aliphatic carbocycles. The molecule has 19 heavy (non-hydrogen) atoms. The quantitative estimate of drug-likeness (QED) is 0.783. The van der Waals surface area contributed by atoms with Crippen LogP contribution in [-0.2, 0) is 0 Å². The van der Waals surface area contributed by atoms with Crippen molar-refractivity contribution in [2.45, 2.75) is 0 Å². The molecule has 1 aromatic carbocycles. The van der Waals surface area contributed by atoms with Gasteiger partial charge in [-0.25, -0.2) is 9.67 Å². The van der Waals surface area contributed by atoms with Crippen molar-refractivity contribution in [1.29, 1.82) is 0 Å². The highest BCUT2D eigenvalue weighted by Gasteiger charge is 2.13. The van der Waals surface area contributed by atoms with E-state index in [1.807, 2.05) is 18.2 Å². The first kappa shape index (κ1) is 11.9. The number of benzene rings is 1. The number of methoxy groups -OCH3 is 1. The van der Waals surface area contributed by atoms with Crippen molar-refractivity contribution in [3.8, 4) is 11.7 Å². The maximum Gasteiger partial charge on any atom is 0.241 e. The molecule has 0 unspecified atom stereocenters. The second-order valence-corrected chi connectivity index (χ2v) is 4.77. The van der Waals surface area contributed by atoms with E-state index in [1.54, 1.807) is 24.1 Å². The standard InChI is InChI=1S/C12H10BrN5O/c1-19-11-8-3-2-7(13)6-9(8)18(17-11)10-4-5-15-12(14)16-10/h2-6H,1H3,(H2,14,15,16). The highest BCUT2D eigenvalue weighted by atomic mass is 79.9. The van der Waals surface area contributed by atoms with E-state index in [-0.39, 0.29) is 5.95 Å². The maximum absolute atomic E-state index is 5.61. The second kappa shape index (κ2) is 4.51. The van der Waals surface area contributed by atoms with Gasteiger partial charge in [-0.2, -0.15) is 4.98 Å². The number of hydrogen-bond acceptors (Lipinski definition) is 5. The monoisotopic (exact) mass is 319 g/mol. The minimum absolute atomic E-state index is 0.204. The molecular formula is C12H10BrN5O. The van der Waals surface area contributed by atoms with Crippen molar-refractivity contribution >= 4 is 32.8 Å². The molecule has 0 atom stereocenters. The van der Waals surface area contributed by atoms with Crippen molar-refractivity contribution in [3.05, 3.63) is 34.9 Å². The zero-order valence-electron chi connectivity index (χ0n) is 10.0. The summed E-state index contributed by atoms with van der Waals surface area (Å²) in [6, 6.07) is 7.56. The Balaban J connectivity index is 2.31. The van der Waals surface area contributed by atoms with E-state index < -0.39 is 0 Å². The van der Waals surface area contributed by atoms with E-state index in [9.17, 15) is 0 Å². The Morgan fingerprint density at radius 1 is 1.32 bits per heavy atom. The van der Waals surface area contributed by atoms with Crippen LogP contribution in [0.1, 0.15) is 0 Å². The van der Waals surface area contributed by atoms with Crippen LogP contribution in [0.2, 0.25) is 0 Å². The average molecular weight is 320 g/mol. The zero-order chi connectivity index (χ0) is 13.4. The van der Waals surface area contributed by atoms with Crippen molar-refractivity contribution in [1.82, 2.24) is 19.7 Å². The topological polar surface area (TPSA) is 78.8 Å². The molecule has 0 bridgehead atoms. The van der Waals surface area contributed by atoms with Gasteiger partial charge in [-0.15, -0.1) is 5.10 Å². The Hall–Kier alpha value is -2.15. The third-order valence-corrected chi connectivity index (χ3v) is 3.17. The fourth-order valence-corrected chi connectivity index (χ4v) is 2.22. The third-order valence-electron chi connectivity index (χ3n) is 2.68. The van der Waals surface area contributed by atoms with Crippen molar-refractivity contribution in [3.63, 3.8) is 0 Å². The predicted molar refractivity (Wildman–Crippen MR) is 75.3 cm³/mol. The molecule has 2 N–H and O–H groups in total. The number of nitrogen functional groups attached to an aromatic ring is 1. The molecular weight excluding hydrogens is 310 g/mol. The van der Waals surface area contributed by atoms with Crippen LogP contribution < -0.4 is 10.5 Å². The van der Waals surface area contributed by atoms with E-state index >= 15 is 0 Å². The lowest BCUT2D eigenvalue weighted by molar-refractivity contribution is 0.398. The minimum atomic E-state index is 0.204. The van der Waals surface area contributed by atoms with Crippen LogP contribution >= 0.6 is 15.9 Å². The van der Waals surface area contributed by atoms with Crippen LogP contribution in [0.25, 0.3) is 16.7 Å². The Morgan fingerprint density at radius 3 is 2.89 bits per heavy atom. The number of anilines is 1. The Bertz CT molecular complexity index is 755.